The summed E-state index contributed by atoms with van der Waals surface area (Å²) in [6, 6.07) is 9.98. The number of hydrogen-bond acceptors (Lipinski definition) is 2. The van der Waals surface area contributed by atoms with Gasteiger partial charge in [-0.1, -0.05) is 36.4 Å². The summed E-state index contributed by atoms with van der Waals surface area (Å²) in [5, 5.41) is 9.16. The van der Waals surface area contributed by atoms with Crippen LogP contribution in [0.4, 0.5) is 0 Å². The van der Waals surface area contributed by atoms with Gasteiger partial charge in [0, 0.05) is 13.0 Å². The lowest BCUT2D eigenvalue weighted by molar-refractivity contribution is 0.0884. The second-order valence-electron chi connectivity index (χ2n) is 3.13. The first-order chi connectivity index (χ1) is 6.83. The van der Waals surface area contributed by atoms with Crippen LogP contribution in [-0.2, 0) is 11.3 Å². The van der Waals surface area contributed by atoms with Gasteiger partial charge in [-0.2, -0.15) is 0 Å². The van der Waals surface area contributed by atoms with E-state index >= 15 is 0 Å². The fraction of sp³-hybridized carbons (Fsp3) is 0.333. The van der Waals surface area contributed by atoms with E-state index in [2.05, 4.69) is 6.58 Å². The summed E-state index contributed by atoms with van der Waals surface area (Å²) >= 11 is 0. The molecule has 2 nitrogen and oxygen atoms in total. The number of rotatable bonds is 6. The molecule has 0 aliphatic carbocycles. The van der Waals surface area contributed by atoms with Crippen molar-refractivity contribution in [2.24, 2.45) is 0 Å². The first-order valence-corrected chi connectivity index (χ1v) is 4.75. The Bertz CT molecular complexity index is 256. The van der Waals surface area contributed by atoms with Gasteiger partial charge in [-0.25, -0.2) is 0 Å². The minimum absolute atomic E-state index is 0.453. The average molecular weight is 192 g/mol. The highest BCUT2D eigenvalue weighted by Crippen LogP contribution is 2.01. The molecule has 76 valence electrons. The van der Waals surface area contributed by atoms with Gasteiger partial charge < -0.3 is 9.84 Å². The number of aliphatic hydroxyl groups is 1. The molecule has 1 rings (SSSR count). The zero-order valence-electron chi connectivity index (χ0n) is 8.23. The van der Waals surface area contributed by atoms with Crippen molar-refractivity contribution in [2.45, 2.75) is 19.1 Å². The molecule has 0 bridgehead atoms. The summed E-state index contributed by atoms with van der Waals surface area (Å²) in [7, 11) is 0. The first kappa shape index (κ1) is 11.0. The van der Waals surface area contributed by atoms with E-state index in [-0.39, 0.29) is 0 Å². The van der Waals surface area contributed by atoms with Gasteiger partial charge in [-0.05, 0) is 5.56 Å². The molecule has 14 heavy (non-hydrogen) atoms. The van der Waals surface area contributed by atoms with Gasteiger partial charge in [0.15, 0.2) is 0 Å². The standard InChI is InChI=1S/C12H16O2/c1-2-12(13)8-9-14-10-11-6-4-3-5-7-11/h2-7,12-13H,1,8-10H2/t12-/m0/s1. The van der Waals surface area contributed by atoms with Crippen LogP contribution in [0, 0.1) is 0 Å². The van der Waals surface area contributed by atoms with Crippen LogP contribution in [0.2, 0.25) is 0 Å². The third kappa shape index (κ3) is 4.21. The fourth-order valence-electron chi connectivity index (χ4n) is 1.09. The monoisotopic (exact) mass is 192 g/mol. The zero-order valence-corrected chi connectivity index (χ0v) is 8.23. The topological polar surface area (TPSA) is 29.5 Å². The Morgan fingerprint density at radius 3 is 2.71 bits per heavy atom. The quantitative estimate of drug-likeness (QED) is 0.552. The van der Waals surface area contributed by atoms with Gasteiger partial charge in [-0.3, -0.25) is 0 Å². The van der Waals surface area contributed by atoms with E-state index < -0.39 is 6.10 Å². The van der Waals surface area contributed by atoms with Crippen molar-refractivity contribution in [1.82, 2.24) is 0 Å². The van der Waals surface area contributed by atoms with Gasteiger partial charge in [0.25, 0.3) is 0 Å². The molecule has 1 aromatic rings. The van der Waals surface area contributed by atoms with E-state index in [1.54, 1.807) is 0 Å². The molecule has 0 radical (unpaired) electrons. The maximum atomic E-state index is 9.16. The number of benzene rings is 1. The Hall–Kier alpha value is -1.12. The second kappa shape index (κ2) is 6.35. The molecule has 1 atom stereocenters. The van der Waals surface area contributed by atoms with Crippen LogP contribution in [0.1, 0.15) is 12.0 Å². The van der Waals surface area contributed by atoms with Gasteiger partial charge in [0.2, 0.25) is 0 Å². The molecule has 0 aliphatic rings. The lowest BCUT2D eigenvalue weighted by Gasteiger charge is -2.06. The average Bonchev–Trinajstić information content (AvgIpc) is 2.25. The predicted octanol–water partition coefficient (Wildman–Crippen LogP) is 2.14. The Morgan fingerprint density at radius 2 is 2.07 bits per heavy atom. The number of aliphatic hydroxyl groups excluding tert-OH is 1. The molecule has 0 unspecified atom stereocenters. The van der Waals surface area contributed by atoms with Crippen LogP contribution >= 0.6 is 0 Å². The smallest absolute Gasteiger partial charge is 0.0740 e. The molecular weight excluding hydrogens is 176 g/mol. The zero-order chi connectivity index (χ0) is 10.2. The van der Waals surface area contributed by atoms with E-state index in [0.717, 1.165) is 5.56 Å². The molecule has 0 spiro atoms. The molecule has 1 N–H and O–H groups in total. The molecule has 0 saturated heterocycles. The first-order valence-electron chi connectivity index (χ1n) is 4.75. The fourth-order valence-corrected chi connectivity index (χ4v) is 1.09. The highest BCUT2D eigenvalue weighted by molar-refractivity contribution is 5.13. The minimum Gasteiger partial charge on any atom is -0.389 e. The van der Waals surface area contributed by atoms with Crippen LogP contribution in [0.15, 0.2) is 43.0 Å². The summed E-state index contributed by atoms with van der Waals surface area (Å²) in [4.78, 5) is 0. The van der Waals surface area contributed by atoms with E-state index in [1.165, 1.54) is 6.08 Å². The van der Waals surface area contributed by atoms with Gasteiger partial charge in [0.05, 0.1) is 12.7 Å². The van der Waals surface area contributed by atoms with Crippen molar-refractivity contribution in [3.63, 3.8) is 0 Å². The second-order valence-corrected chi connectivity index (χ2v) is 3.13. The molecule has 0 heterocycles. The maximum absolute atomic E-state index is 9.16. The SMILES string of the molecule is C=C[C@H](O)CCOCc1ccccc1. The summed E-state index contributed by atoms with van der Waals surface area (Å²) in [6.45, 7) is 4.65. The Labute approximate surface area is 84.8 Å². The largest absolute Gasteiger partial charge is 0.389 e. The van der Waals surface area contributed by atoms with E-state index in [4.69, 9.17) is 9.84 Å². The number of ether oxygens (including phenoxy) is 1. The van der Waals surface area contributed by atoms with Crippen LogP contribution in [0.3, 0.4) is 0 Å². The van der Waals surface area contributed by atoms with Crippen LogP contribution in [0.5, 0.6) is 0 Å². The summed E-state index contributed by atoms with van der Waals surface area (Å²) in [5.41, 5.74) is 1.15. The van der Waals surface area contributed by atoms with Gasteiger partial charge >= 0.3 is 0 Å². The molecule has 0 aliphatic heterocycles. The van der Waals surface area contributed by atoms with Crippen molar-refractivity contribution in [3.8, 4) is 0 Å². The third-order valence-corrected chi connectivity index (χ3v) is 1.94. The van der Waals surface area contributed by atoms with Crippen LogP contribution < -0.4 is 0 Å². The highest BCUT2D eigenvalue weighted by Gasteiger charge is 1.97. The lowest BCUT2D eigenvalue weighted by atomic mass is 10.2. The maximum Gasteiger partial charge on any atom is 0.0740 e. The molecule has 0 aromatic heterocycles. The normalized spacial score (nSPS) is 12.4. The van der Waals surface area contributed by atoms with Crippen molar-refractivity contribution in [2.75, 3.05) is 6.61 Å². The third-order valence-electron chi connectivity index (χ3n) is 1.94. The molecule has 0 amide bonds. The van der Waals surface area contributed by atoms with Gasteiger partial charge in [0.1, 0.15) is 0 Å². The van der Waals surface area contributed by atoms with Crippen molar-refractivity contribution in [3.05, 3.63) is 48.6 Å². The molecule has 2 heteroatoms. The minimum atomic E-state index is -0.453. The number of hydrogen-bond donors (Lipinski definition) is 1. The molecular formula is C12H16O2. The van der Waals surface area contributed by atoms with Crippen molar-refractivity contribution in [1.29, 1.82) is 0 Å². The Balaban J connectivity index is 2.13. The summed E-state index contributed by atoms with van der Waals surface area (Å²) in [5.74, 6) is 0. The van der Waals surface area contributed by atoms with E-state index in [0.29, 0.717) is 19.6 Å². The van der Waals surface area contributed by atoms with Crippen LogP contribution in [-0.4, -0.2) is 17.8 Å². The van der Waals surface area contributed by atoms with Crippen LogP contribution in [0.25, 0.3) is 0 Å². The predicted molar refractivity (Wildman–Crippen MR) is 56.9 cm³/mol. The lowest BCUT2D eigenvalue weighted by Crippen LogP contribution is -2.06. The highest BCUT2D eigenvalue weighted by atomic mass is 16.5. The van der Waals surface area contributed by atoms with E-state index in [1.807, 2.05) is 30.3 Å². The molecule has 0 fully saturated rings. The van der Waals surface area contributed by atoms with E-state index in [9.17, 15) is 0 Å². The molecule has 1 aromatic carbocycles. The summed E-state index contributed by atoms with van der Waals surface area (Å²) < 4.78 is 5.38. The van der Waals surface area contributed by atoms with Gasteiger partial charge in [-0.15, -0.1) is 6.58 Å². The summed E-state index contributed by atoms with van der Waals surface area (Å²) in [6.07, 6.45) is 1.67. The van der Waals surface area contributed by atoms with Crippen molar-refractivity contribution < 1.29 is 9.84 Å². The molecule has 0 saturated carbocycles. The Morgan fingerprint density at radius 1 is 1.36 bits per heavy atom. The Kier molecular flexibility index (Phi) is 4.97. The van der Waals surface area contributed by atoms with Crippen molar-refractivity contribution >= 4 is 0 Å².